The van der Waals surface area contributed by atoms with Gasteiger partial charge in [0.15, 0.2) is 0 Å². The average molecular weight is 341 g/mol. The van der Waals surface area contributed by atoms with Crippen molar-refractivity contribution in [2.24, 2.45) is 0 Å². The Morgan fingerprint density at radius 2 is 0.810 bits per heavy atom. The fourth-order valence-corrected chi connectivity index (χ4v) is 12.4. The zero-order valence-corrected chi connectivity index (χ0v) is 16.8. The Balaban J connectivity index is 6.30. The highest BCUT2D eigenvalue weighted by atomic mass is 28.5. The van der Waals surface area contributed by atoms with Crippen LogP contribution >= 0.6 is 0 Å². The first-order valence-electron chi connectivity index (χ1n) is 7.30. The highest BCUT2D eigenvalue weighted by molar-refractivity contribution is 6.85. The predicted octanol–water partition coefficient (Wildman–Crippen LogP) is 2.62. The van der Waals surface area contributed by atoms with E-state index in [-0.39, 0.29) is 0 Å². The molecule has 0 aromatic heterocycles. The molecule has 0 aliphatic carbocycles. The van der Waals surface area contributed by atoms with Crippen LogP contribution in [0.3, 0.4) is 0 Å². The van der Waals surface area contributed by atoms with E-state index in [1.54, 1.807) is 42.7 Å². The van der Waals surface area contributed by atoms with E-state index in [1.165, 1.54) is 0 Å². The molecule has 0 unspecified atom stereocenters. The molecule has 0 aliphatic rings. The first-order chi connectivity index (χ1) is 9.99. The van der Waals surface area contributed by atoms with Gasteiger partial charge in [-0.1, -0.05) is 26.7 Å². The van der Waals surface area contributed by atoms with Crippen LogP contribution in [0, 0.1) is 0 Å². The zero-order chi connectivity index (χ0) is 16.6. The molecule has 0 N–H and O–H groups in total. The van der Waals surface area contributed by atoms with Gasteiger partial charge >= 0.3 is 17.6 Å². The molecule has 0 radical (unpaired) electrons. The SMILES string of the molecule is CCCC(CCC)([Si](OC)(OC)OC)[Si](OC)(OC)OC. The second-order valence-corrected chi connectivity index (χ2v) is 12.0. The van der Waals surface area contributed by atoms with E-state index in [0.29, 0.717) is 0 Å². The molecule has 128 valence electrons. The lowest BCUT2D eigenvalue weighted by molar-refractivity contribution is 0.0478. The molecule has 0 atom stereocenters. The highest BCUT2D eigenvalue weighted by Crippen LogP contribution is 2.55. The molecule has 8 heteroatoms. The molecule has 0 aromatic carbocycles. The first-order valence-corrected chi connectivity index (χ1v) is 10.7. The second-order valence-electron chi connectivity index (χ2n) is 4.92. The molecule has 0 saturated heterocycles. The minimum Gasteiger partial charge on any atom is -0.377 e. The summed E-state index contributed by atoms with van der Waals surface area (Å²) in [5.41, 5.74) is 0. The van der Waals surface area contributed by atoms with E-state index in [4.69, 9.17) is 26.6 Å². The van der Waals surface area contributed by atoms with E-state index in [9.17, 15) is 0 Å². The van der Waals surface area contributed by atoms with Crippen LogP contribution in [0.1, 0.15) is 39.5 Å². The summed E-state index contributed by atoms with van der Waals surface area (Å²) in [5, 5.41) is 0. The summed E-state index contributed by atoms with van der Waals surface area (Å²) in [5.74, 6) is 0. The Morgan fingerprint density at radius 1 is 0.571 bits per heavy atom. The third kappa shape index (κ3) is 3.42. The third-order valence-corrected chi connectivity index (χ3v) is 12.5. The minimum atomic E-state index is -3.05. The van der Waals surface area contributed by atoms with Crippen molar-refractivity contribution in [2.45, 2.75) is 44.2 Å². The number of hydrogen-bond acceptors (Lipinski definition) is 6. The standard InChI is InChI=1S/C13H32O6Si2/c1-9-11-13(12-10-2,20(14-3,15-4)16-5)21(17-6,18-7)19-8/h9-12H2,1-8H3. The molecular weight excluding hydrogens is 308 g/mol. The van der Waals surface area contributed by atoms with Crippen LogP contribution in [0.5, 0.6) is 0 Å². The van der Waals surface area contributed by atoms with Gasteiger partial charge in [0, 0.05) is 42.7 Å². The quantitative estimate of drug-likeness (QED) is 0.509. The Kier molecular flexibility index (Phi) is 9.45. The summed E-state index contributed by atoms with van der Waals surface area (Å²) < 4.78 is 34.3. The van der Waals surface area contributed by atoms with Crippen molar-refractivity contribution in [2.75, 3.05) is 42.7 Å². The van der Waals surface area contributed by atoms with Crippen molar-refractivity contribution in [1.82, 2.24) is 0 Å². The Labute approximate surface area is 131 Å². The zero-order valence-electron chi connectivity index (χ0n) is 14.8. The monoisotopic (exact) mass is 340 g/mol. The molecule has 0 aromatic rings. The van der Waals surface area contributed by atoms with Gasteiger partial charge in [-0.3, -0.25) is 0 Å². The molecule has 0 saturated carbocycles. The van der Waals surface area contributed by atoms with Crippen LogP contribution in [0.2, 0.25) is 4.66 Å². The van der Waals surface area contributed by atoms with Crippen molar-refractivity contribution < 1.29 is 26.6 Å². The maximum atomic E-state index is 5.81. The van der Waals surface area contributed by atoms with Crippen LogP contribution in [-0.2, 0) is 26.6 Å². The maximum absolute atomic E-state index is 5.81. The maximum Gasteiger partial charge on any atom is 0.511 e. The summed E-state index contributed by atoms with van der Waals surface area (Å²) in [7, 11) is 3.65. The van der Waals surface area contributed by atoms with Gasteiger partial charge in [0.1, 0.15) is 4.66 Å². The third-order valence-electron chi connectivity index (χ3n) is 4.14. The molecular formula is C13H32O6Si2. The van der Waals surface area contributed by atoms with E-state index in [2.05, 4.69) is 13.8 Å². The predicted molar refractivity (Wildman–Crippen MR) is 86.1 cm³/mol. The van der Waals surface area contributed by atoms with Crippen molar-refractivity contribution >= 4 is 17.6 Å². The summed E-state index contributed by atoms with van der Waals surface area (Å²) in [6, 6.07) is 0. The Hall–Kier alpha value is 0.194. The Morgan fingerprint density at radius 3 is 0.952 bits per heavy atom. The average Bonchev–Trinajstić information content (AvgIpc) is 2.52. The molecule has 0 aliphatic heterocycles. The van der Waals surface area contributed by atoms with Gasteiger partial charge in [0.05, 0.1) is 0 Å². The topological polar surface area (TPSA) is 55.4 Å². The van der Waals surface area contributed by atoms with E-state index >= 15 is 0 Å². The van der Waals surface area contributed by atoms with Gasteiger partial charge in [-0.2, -0.15) is 0 Å². The van der Waals surface area contributed by atoms with Gasteiger partial charge in [-0.05, 0) is 12.8 Å². The first kappa shape index (κ1) is 21.2. The van der Waals surface area contributed by atoms with Crippen LogP contribution in [0.25, 0.3) is 0 Å². The summed E-state index contributed by atoms with van der Waals surface area (Å²) in [6.45, 7) is 4.23. The van der Waals surface area contributed by atoms with Crippen LogP contribution in [0.15, 0.2) is 0 Å². The molecule has 0 rings (SSSR count). The highest BCUT2D eigenvalue weighted by Gasteiger charge is 2.74. The fraction of sp³-hybridized carbons (Fsp3) is 1.00. The normalized spacial score (nSPS) is 13.7. The van der Waals surface area contributed by atoms with Gasteiger partial charge in [0.25, 0.3) is 0 Å². The lowest BCUT2D eigenvalue weighted by Crippen LogP contribution is -2.69. The van der Waals surface area contributed by atoms with Crippen LogP contribution in [-0.4, -0.2) is 60.3 Å². The summed E-state index contributed by atoms with van der Waals surface area (Å²) in [6.07, 6.45) is 3.44. The van der Waals surface area contributed by atoms with E-state index in [1.807, 2.05) is 0 Å². The lowest BCUT2D eigenvalue weighted by atomic mass is 10.1. The van der Waals surface area contributed by atoms with Gasteiger partial charge < -0.3 is 26.6 Å². The number of hydrogen-bond donors (Lipinski definition) is 0. The smallest absolute Gasteiger partial charge is 0.377 e. The molecule has 6 nitrogen and oxygen atoms in total. The van der Waals surface area contributed by atoms with Crippen molar-refractivity contribution in [3.8, 4) is 0 Å². The van der Waals surface area contributed by atoms with Crippen LogP contribution in [0.4, 0.5) is 0 Å². The molecule has 0 fully saturated rings. The lowest BCUT2D eigenvalue weighted by Gasteiger charge is -2.49. The molecule has 0 heterocycles. The van der Waals surface area contributed by atoms with Crippen molar-refractivity contribution in [3.05, 3.63) is 0 Å². The Bertz CT molecular complexity index is 237. The molecule has 0 spiro atoms. The van der Waals surface area contributed by atoms with E-state index in [0.717, 1.165) is 25.7 Å². The summed E-state index contributed by atoms with van der Waals surface area (Å²) >= 11 is 0. The van der Waals surface area contributed by atoms with Crippen molar-refractivity contribution in [3.63, 3.8) is 0 Å². The second kappa shape index (κ2) is 9.36. The molecule has 21 heavy (non-hydrogen) atoms. The van der Waals surface area contributed by atoms with Gasteiger partial charge in [-0.15, -0.1) is 0 Å². The summed E-state index contributed by atoms with van der Waals surface area (Å²) in [4.78, 5) is 0. The molecule has 0 bridgehead atoms. The molecule has 0 amide bonds. The van der Waals surface area contributed by atoms with E-state index < -0.39 is 22.3 Å². The van der Waals surface area contributed by atoms with Crippen LogP contribution < -0.4 is 0 Å². The largest absolute Gasteiger partial charge is 0.511 e. The minimum absolute atomic E-state index is 0.528. The van der Waals surface area contributed by atoms with Crippen molar-refractivity contribution in [1.29, 1.82) is 0 Å². The van der Waals surface area contributed by atoms with Gasteiger partial charge in [-0.25, -0.2) is 0 Å². The van der Waals surface area contributed by atoms with Gasteiger partial charge in [0.2, 0.25) is 0 Å². The number of rotatable bonds is 12. The fourth-order valence-electron chi connectivity index (χ4n) is 3.45.